The van der Waals surface area contributed by atoms with Gasteiger partial charge in [-0.3, -0.25) is 4.79 Å². The lowest BCUT2D eigenvalue weighted by molar-refractivity contribution is -0.145. The molecule has 6 heteroatoms. The van der Waals surface area contributed by atoms with Gasteiger partial charge in [0, 0.05) is 11.0 Å². The van der Waals surface area contributed by atoms with Gasteiger partial charge in [-0.15, -0.1) is 0 Å². The second-order valence-corrected chi connectivity index (χ2v) is 6.96. The van der Waals surface area contributed by atoms with Crippen LogP contribution in [0.4, 0.5) is 0 Å². The lowest BCUT2D eigenvalue weighted by Gasteiger charge is -2.26. The number of carbonyl (C=O) groups excluding carboxylic acids is 2. The SMILES string of the molecule is CCOC(=O)COc1cc2c(c(Cl)c1Cl)C(=O)C(C)(C(C)C)C2. The van der Waals surface area contributed by atoms with Crippen LogP contribution in [0.15, 0.2) is 6.07 Å². The minimum atomic E-state index is -0.505. The van der Waals surface area contributed by atoms with E-state index < -0.39 is 11.4 Å². The highest BCUT2D eigenvalue weighted by Gasteiger charge is 2.45. The molecule has 0 radical (unpaired) electrons. The van der Waals surface area contributed by atoms with Crippen LogP contribution in [0.2, 0.25) is 10.0 Å². The molecule has 126 valence electrons. The van der Waals surface area contributed by atoms with E-state index in [0.29, 0.717) is 17.7 Å². The minimum Gasteiger partial charge on any atom is -0.480 e. The van der Waals surface area contributed by atoms with Crippen LogP contribution in [0.5, 0.6) is 5.75 Å². The van der Waals surface area contributed by atoms with Crippen LogP contribution >= 0.6 is 23.2 Å². The molecule has 0 fully saturated rings. The van der Waals surface area contributed by atoms with Gasteiger partial charge in [-0.25, -0.2) is 4.79 Å². The lowest BCUT2D eigenvalue weighted by Crippen LogP contribution is -2.30. The Hall–Kier alpha value is -1.26. The fraction of sp³-hybridized carbons (Fsp3) is 0.529. The predicted molar refractivity (Wildman–Crippen MR) is 89.6 cm³/mol. The lowest BCUT2D eigenvalue weighted by atomic mass is 9.76. The number of esters is 1. The van der Waals surface area contributed by atoms with Gasteiger partial charge in [-0.1, -0.05) is 44.0 Å². The van der Waals surface area contributed by atoms with Crippen LogP contribution < -0.4 is 4.74 Å². The zero-order valence-electron chi connectivity index (χ0n) is 13.7. The van der Waals surface area contributed by atoms with Gasteiger partial charge in [-0.2, -0.15) is 0 Å². The smallest absolute Gasteiger partial charge is 0.344 e. The molecule has 0 amide bonds. The van der Waals surface area contributed by atoms with Crippen molar-refractivity contribution in [2.45, 2.75) is 34.1 Å². The summed E-state index contributed by atoms with van der Waals surface area (Å²) < 4.78 is 10.2. The third-order valence-electron chi connectivity index (χ3n) is 4.48. The summed E-state index contributed by atoms with van der Waals surface area (Å²) in [5.41, 5.74) is 0.769. The molecule has 2 rings (SSSR count). The maximum absolute atomic E-state index is 12.7. The molecule has 0 aliphatic heterocycles. The van der Waals surface area contributed by atoms with Gasteiger partial charge in [0.15, 0.2) is 12.4 Å². The van der Waals surface area contributed by atoms with Crippen LogP contribution in [0.3, 0.4) is 0 Å². The van der Waals surface area contributed by atoms with Crippen molar-refractivity contribution in [3.05, 3.63) is 27.2 Å². The molecule has 0 spiro atoms. The van der Waals surface area contributed by atoms with Crippen molar-refractivity contribution in [1.29, 1.82) is 0 Å². The van der Waals surface area contributed by atoms with Gasteiger partial charge in [-0.05, 0) is 30.9 Å². The standard InChI is InChI=1S/C17H20Cl2O4/c1-5-22-12(20)8-23-11-6-10-7-17(4,9(2)3)16(21)13(10)15(19)14(11)18/h6,9H,5,7-8H2,1-4H3. The van der Waals surface area contributed by atoms with Gasteiger partial charge >= 0.3 is 5.97 Å². The number of benzene rings is 1. The summed E-state index contributed by atoms with van der Waals surface area (Å²) in [6, 6.07) is 1.70. The maximum Gasteiger partial charge on any atom is 0.344 e. The Morgan fingerprint density at radius 1 is 1.35 bits per heavy atom. The van der Waals surface area contributed by atoms with Crippen LogP contribution in [0.25, 0.3) is 0 Å². The van der Waals surface area contributed by atoms with Crippen molar-refractivity contribution in [3.8, 4) is 5.75 Å². The number of hydrogen-bond donors (Lipinski definition) is 0. The number of halogens is 2. The number of rotatable bonds is 5. The van der Waals surface area contributed by atoms with Crippen LogP contribution in [0, 0.1) is 11.3 Å². The molecule has 0 saturated carbocycles. The first kappa shape index (κ1) is 18.1. The average molecular weight is 359 g/mol. The first-order valence-corrected chi connectivity index (χ1v) is 8.32. The summed E-state index contributed by atoms with van der Waals surface area (Å²) in [4.78, 5) is 24.2. The normalized spacial score (nSPS) is 19.9. The van der Waals surface area contributed by atoms with Crippen LogP contribution in [-0.2, 0) is 16.0 Å². The van der Waals surface area contributed by atoms with Crippen molar-refractivity contribution < 1.29 is 19.1 Å². The maximum atomic E-state index is 12.7. The van der Waals surface area contributed by atoms with E-state index in [-0.39, 0.29) is 35.0 Å². The van der Waals surface area contributed by atoms with Crippen molar-refractivity contribution >= 4 is 35.0 Å². The van der Waals surface area contributed by atoms with E-state index in [1.165, 1.54) is 0 Å². The molecule has 0 heterocycles. The van der Waals surface area contributed by atoms with Crippen molar-refractivity contribution in [1.82, 2.24) is 0 Å². The highest BCUT2D eigenvalue weighted by molar-refractivity contribution is 6.45. The molecule has 23 heavy (non-hydrogen) atoms. The summed E-state index contributed by atoms with van der Waals surface area (Å²) in [7, 11) is 0. The van der Waals surface area contributed by atoms with Gasteiger partial charge in [0.05, 0.1) is 11.6 Å². The Morgan fingerprint density at radius 2 is 2.00 bits per heavy atom. The molecule has 0 N–H and O–H groups in total. The Bertz CT molecular complexity index is 654. The van der Waals surface area contributed by atoms with Crippen LogP contribution in [-0.4, -0.2) is 25.0 Å². The first-order chi connectivity index (χ1) is 10.7. The molecule has 1 aromatic carbocycles. The van der Waals surface area contributed by atoms with E-state index in [1.54, 1.807) is 13.0 Å². The zero-order chi connectivity index (χ0) is 17.4. The minimum absolute atomic E-state index is 0.00587. The molecular formula is C17H20Cl2O4. The van der Waals surface area contributed by atoms with Crippen molar-refractivity contribution in [2.75, 3.05) is 13.2 Å². The number of ether oxygens (including phenoxy) is 2. The predicted octanol–water partition coefficient (Wildman–Crippen LogP) is 4.34. The molecule has 0 aromatic heterocycles. The van der Waals surface area contributed by atoms with E-state index >= 15 is 0 Å². The molecule has 1 aromatic rings. The third-order valence-corrected chi connectivity index (χ3v) is 5.33. The Balaban J connectivity index is 2.34. The van der Waals surface area contributed by atoms with Gasteiger partial charge in [0.1, 0.15) is 10.8 Å². The highest BCUT2D eigenvalue weighted by atomic mass is 35.5. The van der Waals surface area contributed by atoms with Gasteiger partial charge in [0.25, 0.3) is 0 Å². The summed E-state index contributed by atoms with van der Waals surface area (Å²) >= 11 is 12.5. The van der Waals surface area contributed by atoms with E-state index in [2.05, 4.69) is 0 Å². The fourth-order valence-corrected chi connectivity index (χ4v) is 3.21. The molecule has 1 unspecified atom stereocenters. The largest absolute Gasteiger partial charge is 0.480 e. The van der Waals surface area contributed by atoms with Crippen molar-refractivity contribution in [2.24, 2.45) is 11.3 Å². The Labute approximate surface area is 146 Å². The summed E-state index contributed by atoms with van der Waals surface area (Å²) in [6.07, 6.45) is 0.575. The number of fused-ring (bicyclic) bond motifs is 1. The molecule has 4 nitrogen and oxygen atoms in total. The van der Waals surface area contributed by atoms with Crippen LogP contribution in [0.1, 0.15) is 43.6 Å². The highest BCUT2D eigenvalue weighted by Crippen LogP contribution is 2.48. The van der Waals surface area contributed by atoms with E-state index in [4.69, 9.17) is 32.7 Å². The molecule has 1 atom stereocenters. The Kier molecular flexibility index (Phi) is 5.27. The van der Waals surface area contributed by atoms with Crippen molar-refractivity contribution in [3.63, 3.8) is 0 Å². The number of hydrogen-bond acceptors (Lipinski definition) is 4. The second-order valence-electron chi connectivity index (χ2n) is 6.21. The van der Waals surface area contributed by atoms with E-state index in [9.17, 15) is 9.59 Å². The first-order valence-electron chi connectivity index (χ1n) is 7.56. The average Bonchev–Trinajstić information content (AvgIpc) is 2.74. The number of ketones is 1. The number of Topliss-reactive ketones (excluding diaryl/α,β-unsaturated/α-hetero) is 1. The topological polar surface area (TPSA) is 52.6 Å². The third kappa shape index (κ3) is 3.20. The molecule has 0 bridgehead atoms. The van der Waals surface area contributed by atoms with Gasteiger partial charge in [0.2, 0.25) is 0 Å². The molecular weight excluding hydrogens is 339 g/mol. The Morgan fingerprint density at radius 3 is 2.57 bits per heavy atom. The monoisotopic (exact) mass is 358 g/mol. The molecule has 0 saturated heterocycles. The summed E-state index contributed by atoms with van der Waals surface area (Å²) in [5.74, 6) is -0.0138. The molecule has 1 aliphatic carbocycles. The molecule has 1 aliphatic rings. The zero-order valence-corrected chi connectivity index (χ0v) is 15.2. The summed E-state index contributed by atoms with van der Waals surface area (Å²) in [5, 5.41) is 0.341. The number of carbonyl (C=O) groups is 2. The second kappa shape index (κ2) is 6.70. The quantitative estimate of drug-likeness (QED) is 0.734. The van der Waals surface area contributed by atoms with E-state index in [1.807, 2.05) is 20.8 Å². The van der Waals surface area contributed by atoms with Gasteiger partial charge < -0.3 is 9.47 Å². The fourth-order valence-electron chi connectivity index (χ4n) is 2.71. The van der Waals surface area contributed by atoms with E-state index in [0.717, 1.165) is 5.56 Å². The summed E-state index contributed by atoms with van der Waals surface area (Å²) in [6.45, 7) is 7.70.